The molecular weight excluding hydrogens is 350 g/mol. The molecule has 2 N–H and O–H groups in total. The molecule has 0 spiro atoms. The number of hydrogen-bond donors (Lipinski definition) is 2. The van der Waals surface area contributed by atoms with Crippen LogP contribution in [0.4, 0.5) is 0 Å². The first-order valence-electron chi connectivity index (χ1n) is 11.1. The van der Waals surface area contributed by atoms with Gasteiger partial charge in [0, 0.05) is 20.0 Å². The maximum Gasteiger partial charge on any atom is 0.221 e. The molecule has 0 heterocycles. The number of amides is 1. The van der Waals surface area contributed by atoms with Crippen molar-refractivity contribution in [3.8, 4) is 0 Å². The van der Waals surface area contributed by atoms with Crippen LogP contribution in [0.5, 0.6) is 0 Å². The van der Waals surface area contributed by atoms with Gasteiger partial charge in [0.1, 0.15) is 0 Å². The van der Waals surface area contributed by atoms with Gasteiger partial charge >= 0.3 is 0 Å². The van der Waals surface area contributed by atoms with Gasteiger partial charge in [0.25, 0.3) is 0 Å². The minimum atomic E-state index is -0.163. The average Bonchev–Trinajstić information content (AvgIpc) is 3.01. The molecule has 4 aliphatic rings. The Balaban J connectivity index is 1.72. The maximum absolute atomic E-state index is 12.5. The fourth-order valence-electron chi connectivity index (χ4n) is 7.56. The first-order valence-corrected chi connectivity index (χ1v) is 11.1. The monoisotopic (exact) mass is 385 g/mol. The number of rotatable bonds is 3. The summed E-state index contributed by atoms with van der Waals surface area (Å²) in [7, 11) is 0. The molecule has 0 aliphatic heterocycles. The third-order valence-corrected chi connectivity index (χ3v) is 9.02. The molecule has 4 nitrogen and oxygen atoms in total. The van der Waals surface area contributed by atoms with E-state index >= 15 is 0 Å². The molecule has 0 unspecified atom stereocenters. The molecule has 4 heteroatoms. The summed E-state index contributed by atoms with van der Waals surface area (Å²) in [5.41, 5.74) is 1.87. The Morgan fingerprint density at radius 1 is 1.25 bits per heavy atom. The Labute approximate surface area is 168 Å². The number of Topliss-reactive ketones (excluding diaryl/α,β-unsaturated/α-hetero) is 1. The fourth-order valence-corrected chi connectivity index (χ4v) is 7.56. The van der Waals surface area contributed by atoms with E-state index in [1.165, 1.54) is 26.2 Å². The van der Waals surface area contributed by atoms with Gasteiger partial charge in [0.05, 0.1) is 5.70 Å². The van der Waals surface area contributed by atoms with Crippen LogP contribution in [-0.2, 0) is 9.59 Å². The summed E-state index contributed by atoms with van der Waals surface area (Å²) in [6, 6.07) is 0. The van der Waals surface area contributed by atoms with Gasteiger partial charge in [-0.25, -0.2) is 0 Å². The first-order chi connectivity index (χ1) is 13.2. The molecule has 0 saturated heterocycles. The summed E-state index contributed by atoms with van der Waals surface area (Å²) >= 11 is 0. The molecule has 28 heavy (non-hydrogen) atoms. The van der Waals surface area contributed by atoms with Crippen molar-refractivity contribution in [1.29, 1.82) is 0 Å². The molecule has 0 bridgehead atoms. The van der Waals surface area contributed by atoms with Gasteiger partial charge in [-0.2, -0.15) is 0 Å². The van der Waals surface area contributed by atoms with E-state index in [2.05, 4.69) is 38.2 Å². The van der Waals surface area contributed by atoms with Crippen molar-refractivity contribution in [3.63, 3.8) is 0 Å². The summed E-state index contributed by atoms with van der Waals surface area (Å²) in [5, 5.41) is 12.6. The molecule has 0 aromatic heterocycles. The quantitative estimate of drug-likeness (QED) is 0.772. The van der Waals surface area contributed by atoms with Crippen LogP contribution in [0.3, 0.4) is 0 Å². The van der Waals surface area contributed by atoms with Crippen molar-refractivity contribution in [1.82, 2.24) is 5.32 Å². The van der Waals surface area contributed by atoms with Crippen molar-refractivity contribution < 1.29 is 14.7 Å². The van der Waals surface area contributed by atoms with E-state index in [9.17, 15) is 14.7 Å². The third-order valence-electron chi connectivity index (χ3n) is 9.02. The number of nitrogens with one attached hydrogen (secondary N) is 1. The van der Waals surface area contributed by atoms with Crippen LogP contribution >= 0.6 is 0 Å². The SMILES string of the molecule is CC(=O)NC1=C2C=C[C@H]3[C@@H]4CC[C@H]([C@H](C)CO)[C@@]4(C)CC[C@@H]3[C@@]2(C)CCC1=O. The highest BCUT2D eigenvalue weighted by molar-refractivity contribution is 6.00. The van der Waals surface area contributed by atoms with E-state index in [0.717, 1.165) is 18.4 Å². The molecule has 0 aromatic carbocycles. The molecule has 0 radical (unpaired) electrons. The average molecular weight is 386 g/mol. The molecule has 2 fully saturated rings. The van der Waals surface area contributed by atoms with Gasteiger partial charge in [-0.15, -0.1) is 0 Å². The van der Waals surface area contributed by atoms with Gasteiger partial charge in [-0.1, -0.05) is 32.9 Å². The number of fused-ring (bicyclic) bond motifs is 5. The van der Waals surface area contributed by atoms with Crippen LogP contribution in [0.1, 0.15) is 66.2 Å². The zero-order valence-corrected chi connectivity index (χ0v) is 17.8. The van der Waals surface area contributed by atoms with Gasteiger partial charge in [0.2, 0.25) is 5.91 Å². The van der Waals surface area contributed by atoms with E-state index < -0.39 is 0 Å². The van der Waals surface area contributed by atoms with Crippen LogP contribution in [0, 0.1) is 40.4 Å². The topological polar surface area (TPSA) is 66.4 Å². The lowest BCUT2D eigenvalue weighted by atomic mass is 9.48. The Hall–Kier alpha value is -1.42. The number of allylic oxidation sites excluding steroid dienone is 4. The molecular formula is C24H35NO3. The number of carbonyl (C=O) groups excluding carboxylic acids is 2. The highest BCUT2D eigenvalue weighted by atomic mass is 16.3. The Kier molecular flexibility index (Phi) is 4.85. The summed E-state index contributed by atoms with van der Waals surface area (Å²) in [5.74, 6) is 2.60. The van der Waals surface area contributed by atoms with E-state index in [-0.39, 0.29) is 23.7 Å². The second-order valence-corrected chi connectivity index (χ2v) is 10.3. The Morgan fingerprint density at radius 3 is 2.68 bits per heavy atom. The highest BCUT2D eigenvalue weighted by Gasteiger charge is 2.59. The van der Waals surface area contributed by atoms with Gasteiger partial charge < -0.3 is 10.4 Å². The standard InChI is InChI=1S/C24H35NO3/c1-14(13-26)17-7-8-18-16-5-6-20-22(25-15(2)27)21(28)10-12-24(20,4)19(16)9-11-23(17,18)3/h5-6,14,16-19,26H,7-13H2,1-4H3,(H,25,27)/t14-,16+,17-,18+,19+,23-,24-/m1/s1. The second kappa shape index (κ2) is 6.83. The lowest BCUT2D eigenvalue weighted by molar-refractivity contribution is -0.123. The van der Waals surface area contributed by atoms with Crippen LogP contribution in [0.25, 0.3) is 0 Å². The van der Waals surface area contributed by atoms with E-state index in [1.807, 2.05) is 0 Å². The number of aliphatic hydroxyl groups excluding tert-OH is 1. The molecule has 7 atom stereocenters. The van der Waals surface area contributed by atoms with Crippen molar-refractivity contribution in [2.24, 2.45) is 40.4 Å². The van der Waals surface area contributed by atoms with Crippen molar-refractivity contribution >= 4 is 11.7 Å². The molecule has 0 aromatic rings. The summed E-state index contributed by atoms with van der Waals surface area (Å²) in [4.78, 5) is 24.2. The minimum Gasteiger partial charge on any atom is -0.396 e. The van der Waals surface area contributed by atoms with E-state index in [0.29, 0.717) is 47.1 Å². The summed E-state index contributed by atoms with van der Waals surface area (Å²) < 4.78 is 0. The van der Waals surface area contributed by atoms with Gasteiger partial charge in [-0.3, -0.25) is 9.59 Å². The van der Waals surface area contributed by atoms with Gasteiger partial charge in [0.15, 0.2) is 5.78 Å². The fraction of sp³-hybridized carbons (Fsp3) is 0.750. The predicted molar refractivity (Wildman–Crippen MR) is 109 cm³/mol. The largest absolute Gasteiger partial charge is 0.396 e. The van der Waals surface area contributed by atoms with Crippen LogP contribution in [0.2, 0.25) is 0 Å². The summed E-state index contributed by atoms with van der Waals surface area (Å²) in [6.07, 6.45) is 10.8. The molecule has 2 saturated carbocycles. The molecule has 4 aliphatic carbocycles. The maximum atomic E-state index is 12.5. The lowest BCUT2D eigenvalue weighted by Crippen LogP contribution is -2.50. The number of hydrogen-bond acceptors (Lipinski definition) is 3. The van der Waals surface area contributed by atoms with Crippen molar-refractivity contribution in [2.45, 2.75) is 66.2 Å². The molecule has 1 amide bonds. The second-order valence-electron chi connectivity index (χ2n) is 10.3. The molecule has 4 rings (SSSR count). The van der Waals surface area contributed by atoms with Crippen LogP contribution < -0.4 is 5.32 Å². The lowest BCUT2D eigenvalue weighted by Gasteiger charge is -2.56. The number of ketones is 1. The Bertz CT molecular complexity index is 753. The number of carbonyl (C=O) groups is 2. The Morgan fingerprint density at radius 2 is 2.00 bits per heavy atom. The first kappa shape index (κ1) is 19.9. The predicted octanol–water partition coefficient (Wildman–Crippen LogP) is 4.00. The molecule has 154 valence electrons. The smallest absolute Gasteiger partial charge is 0.221 e. The van der Waals surface area contributed by atoms with Crippen LogP contribution in [0.15, 0.2) is 23.4 Å². The third kappa shape index (κ3) is 2.74. The van der Waals surface area contributed by atoms with Crippen LogP contribution in [-0.4, -0.2) is 23.4 Å². The zero-order chi connectivity index (χ0) is 20.3. The van der Waals surface area contributed by atoms with E-state index in [4.69, 9.17) is 0 Å². The normalized spacial score (nSPS) is 43.2. The van der Waals surface area contributed by atoms with E-state index in [1.54, 1.807) is 0 Å². The minimum absolute atomic E-state index is 0.0346. The summed E-state index contributed by atoms with van der Waals surface area (Å²) in [6.45, 7) is 8.75. The van der Waals surface area contributed by atoms with Crippen molar-refractivity contribution in [2.75, 3.05) is 6.61 Å². The highest BCUT2D eigenvalue weighted by Crippen LogP contribution is 2.66. The zero-order valence-electron chi connectivity index (χ0n) is 17.8. The van der Waals surface area contributed by atoms with Gasteiger partial charge in [-0.05, 0) is 78.1 Å². The van der Waals surface area contributed by atoms with Crippen molar-refractivity contribution in [3.05, 3.63) is 23.4 Å². The number of aliphatic hydroxyl groups is 1.